The third-order valence-electron chi connectivity index (χ3n) is 3.24. The molecule has 102 valence electrons. The fourth-order valence-electron chi connectivity index (χ4n) is 2.04. The van der Waals surface area contributed by atoms with E-state index in [2.05, 4.69) is 5.10 Å². The van der Waals surface area contributed by atoms with Crippen molar-refractivity contribution in [3.63, 3.8) is 0 Å². The van der Waals surface area contributed by atoms with Gasteiger partial charge in [-0.2, -0.15) is 5.10 Å². The highest BCUT2D eigenvalue weighted by molar-refractivity contribution is 5.30. The van der Waals surface area contributed by atoms with Crippen molar-refractivity contribution < 1.29 is 9.13 Å². The smallest absolute Gasteiger partial charge is 0.131 e. The van der Waals surface area contributed by atoms with Crippen molar-refractivity contribution in [2.75, 3.05) is 7.11 Å². The molecule has 1 aromatic carbocycles. The van der Waals surface area contributed by atoms with Crippen molar-refractivity contribution in [1.82, 2.24) is 9.78 Å². The molecule has 0 saturated heterocycles. The Labute approximate surface area is 112 Å². The highest BCUT2D eigenvalue weighted by atomic mass is 19.1. The van der Waals surface area contributed by atoms with E-state index in [0.717, 1.165) is 12.1 Å². The Morgan fingerprint density at radius 1 is 1.42 bits per heavy atom. The number of hydrogen-bond donors (Lipinski definition) is 1. The lowest BCUT2D eigenvalue weighted by Crippen LogP contribution is -2.14. The van der Waals surface area contributed by atoms with Gasteiger partial charge in [-0.15, -0.1) is 0 Å². The predicted octanol–water partition coefficient (Wildman–Crippen LogP) is 2.20. The van der Waals surface area contributed by atoms with Gasteiger partial charge in [0.25, 0.3) is 0 Å². The average Bonchev–Trinajstić information content (AvgIpc) is 2.81. The number of aromatic nitrogens is 2. The molecule has 0 radical (unpaired) electrons. The molecule has 0 fully saturated rings. The Morgan fingerprint density at radius 3 is 2.79 bits per heavy atom. The highest BCUT2D eigenvalue weighted by Gasteiger charge is 2.13. The first-order valence-electron chi connectivity index (χ1n) is 6.17. The molecule has 0 spiro atoms. The van der Waals surface area contributed by atoms with Crippen LogP contribution in [0.5, 0.6) is 5.75 Å². The number of aryl methyl sites for hydroxylation is 2. The summed E-state index contributed by atoms with van der Waals surface area (Å²) >= 11 is 0. The van der Waals surface area contributed by atoms with E-state index < -0.39 is 0 Å². The van der Waals surface area contributed by atoms with Gasteiger partial charge in [0.05, 0.1) is 7.11 Å². The molecule has 2 aromatic rings. The summed E-state index contributed by atoms with van der Waals surface area (Å²) < 4.78 is 20.6. The molecule has 0 saturated carbocycles. The van der Waals surface area contributed by atoms with E-state index in [1.54, 1.807) is 23.0 Å². The number of methoxy groups -OCH3 is 1. The maximum Gasteiger partial charge on any atom is 0.131 e. The molecule has 1 heterocycles. The Morgan fingerprint density at radius 2 is 2.21 bits per heavy atom. The van der Waals surface area contributed by atoms with Crippen molar-refractivity contribution in [2.24, 2.45) is 12.8 Å². The zero-order valence-electron chi connectivity index (χ0n) is 11.1. The van der Waals surface area contributed by atoms with E-state index in [-0.39, 0.29) is 11.9 Å². The van der Waals surface area contributed by atoms with Crippen LogP contribution in [0, 0.1) is 5.82 Å². The molecular formula is C14H18FN3O. The Hall–Kier alpha value is -1.88. The van der Waals surface area contributed by atoms with Crippen molar-refractivity contribution >= 4 is 0 Å². The average molecular weight is 263 g/mol. The minimum absolute atomic E-state index is 0.322. The van der Waals surface area contributed by atoms with Gasteiger partial charge in [0, 0.05) is 36.6 Å². The van der Waals surface area contributed by atoms with Crippen LogP contribution in [0.15, 0.2) is 30.5 Å². The van der Waals surface area contributed by atoms with Gasteiger partial charge in [0.2, 0.25) is 0 Å². The summed E-state index contributed by atoms with van der Waals surface area (Å²) in [5, 5.41) is 4.09. The topological polar surface area (TPSA) is 53.1 Å². The summed E-state index contributed by atoms with van der Waals surface area (Å²) in [7, 11) is 3.39. The third kappa shape index (κ3) is 3.12. The quantitative estimate of drug-likeness (QED) is 0.899. The van der Waals surface area contributed by atoms with Gasteiger partial charge in [-0.1, -0.05) is 6.07 Å². The van der Waals surface area contributed by atoms with Crippen molar-refractivity contribution in [3.8, 4) is 5.75 Å². The molecule has 19 heavy (non-hydrogen) atoms. The van der Waals surface area contributed by atoms with E-state index in [4.69, 9.17) is 10.5 Å². The zero-order valence-corrected chi connectivity index (χ0v) is 11.1. The third-order valence-corrected chi connectivity index (χ3v) is 3.24. The lowest BCUT2D eigenvalue weighted by Gasteiger charge is -2.13. The first kappa shape index (κ1) is 13.5. The summed E-state index contributed by atoms with van der Waals surface area (Å²) in [6, 6.07) is 6.38. The fourth-order valence-corrected chi connectivity index (χ4v) is 2.04. The van der Waals surface area contributed by atoms with Crippen LogP contribution < -0.4 is 10.5 Å². The number of halogens is 1. The molecular weight excluding hydrogens is 245 g/mol. The molecule has 0 aliphatic heterocycles. The maximum atomic E-state index is 13.9. The number of benzene rings is 1. The predicted molar refractivity (Wildman–Crippen MR) is 71.4 cm³/mol. The van der Waals surface area contributed by atoms with Crippen LogP contribution in [0.1, 0.15) is 23.7 Å². The molecule has 1 unspecified atom stereocenters. The van der Waals surface area contributed by atoms with Crippen molar-refractivity contribution in [2.45, 2.75) is 18.9 Å². The van der Waals surface area contributed by atoms with Crippen LogP contribution in [0.25, 0.3) is 0 Å². The Kier molecular flexibility index (Phi) is 4.16. The van der Waals surface area contributed by atoms with Crippen LogP contribution >= 0.6 is 0 Å². The van der Waals surface area contributed by atoms with Crippen LogP contribution in [0.2, 0.25) is 0 Å². The Balaban J connectivity index is 2.03. The molecule has 0 aliphatic rings. The van der Waals surface area contributed by atoms with E-state index >= 15 is 0 Å². The second kappa shape index (κ2) is 5.84. The minimum atomic E-state index is -0.333. The number of ether oxygens (including phenoxy) is 1. The lowest BCUT2D eigenvalue weighted by atomic mass is 10.0. The van der Waals surface area contributed by atoms with E-state index in [1.807, 2.05) is 13.1 Å². The molecule has 1 aromatic heterocycles. The van der Waals surface area contributed by atoms with E-state index in [9.17, 15) is 4.39 Å². The molecule has 0 bridgehead atoms. The summed E-state index contributed by atoms with van der Waals surface area (Å²) in [5.41, 5.74) is 7.65. The number of rotatable bonds is 5. The first-order valence-corrected chi connectivity index (χ1v) is 6.17. The van der Waals surface area contributed by atoms with Gasteiger partial charge in [-0.05, 0) is 25.0 Å². The largest absolute Gasteiger partial charge is 0.497 e. The van der Waals surface area contributed by atoms with Crippen molar-refractivity contribution in [1.29, 1.82) is 0 Å². The van der Waals surface area contributed by atoms with Crippen LogP contribution in [-0.2, 0) is 13.5 Å². The minimum Gasteiger partial charge on any atom is -0.497 e. The van der Waals surface area contributed by atoms with Gasteiger partial charge >= 0.3 is 0 Å². The van der Waals surface area contributed by atoms with Crippen LogP contribution in [-0.4, -0.2) is 16.9 Å². The Bertz CT molecular complexity index is 553. The van der Waals surface area contributed by atoms with E-state index in [0.29, 0.717) is 17.7 Å². The van der Waals surface area contributed by atoms with Crippen LogP contribution in [0.4, 0.5) is 4.39 Å². The second-order valence-corrected chi connectivity index (χ2v) is 4.48. The molecule has 0 amide bonds. The van der Waals surface area contributed by atoms with Gasteiger partial charge in [-0.25, -0.2) is 4.39 Å². The second-order valence-electron chi connectivity index (χ2n) is 4.48. The molecule has 2 rings (SSSR count). The maximum absolute atomic E-state index is 13.9. The van der Waals surface area contributed by atoms with Crippen molar-refractivity contribution in [3.05, 3.63) is 47.5 Å². The van der Waals surface area contributed by atoms with E-state index in [1.165, 1.54) is 13.2 Å². The number of hydrogen-bond acceptors (Lipinski definition) is 3. The van der Waals surface area contributed by atoms with Gasteiger partial charge in [0.15, 0.2) is 0 Å². The zero-order chi connectivity index (χ0) is 13.8. The summed E-state index contributed by atoms with van der Waals surface area (Å²) in [6.45, 7) is 0. The first-order chi connectivity index (χ1) is 9.11. The molecule has 2 N–H and O–H groups in total. The normalized spacial score (nSPS) is 12.4. The molecule has 1 atom stereocenters. The molecule has 0 aliphatic carbocycles. The monoisotopic (exact) mass is 263 g/mol. The van der Waals surface area contributed by atoms with Gasteiger partial charge < -0.3 is 10.5 Å². The standard InChI is InChI=1S/C14H18FN3O/c1-18-10(7-8-17-18)3-6-14(16)12-5-4-11(19-2)9-13(12)15/h4-5,7-9,14H,3,6,16H2,1-2H3. The molecule has 4 nitrogen and oxygen atoms in total. The van der Waals surface area contributed by atoms with Gasteiger partial charge in [-0.3, -0.25) is 4.68 Å². The summed E-state index contributed by atoms with van der Waals surface area (Å²) in [6.07, 6.45) is 3.18. The lowest BCUT2D eigenvalue weighted by molar-refractivity contribution is 0.410. The molecule has 5 heteroatoms. The van der Waals surface area contributed by atoms with Gasteiger partial charge in [0.1, 0.15) is 11.6 Å². The summed E-state index contributed by atoms with van der Waals surface area (Å²) in [4.78, 5) is 0. The highest BCUT2D eigenvalue weighted by Crippen LogP contribution is 2.23. The van der Waals surface area contributed by atoms with Crippen LogP contribution in [0.3, 0.4) is 0 Å². The summed E-state index contributed by atoms with van der Waals surface area (Å²) in [5.74, 6) is 0.178. The number of nitrogens with two attached hydrogens (primary N) is 1. The number of nitrogens with zero attached hydrogens (tertiary/aromatic N) is 2. The SMILES string of the molecule is COc1ccc(C(N)CCc2ccnn2C)c(F)c1. The fraction of sp³-hybridized carbons (Fsp3) is 0.357.